The molecule has 3 aromatic rings. The monoisotopic (exact) mass is 627 g/mol. The molecule has 15 heteroatoms. The summed E-state index contributed by atoms with van der Waals surface area (Å²) >= 11 is 0. The van der Waals surface area contributed by atoms with Crippen molar-refractivity contribution in [2.45, 2.75) is 24.7 Å². The zero-order valence-electron chi connectivity index (χ0n) is 25.0. The number of nitrogens with one attached hydrogen (secondary N) is 2. The number of hydrogen-bond acceptors (Lipinski definition) is 11. The van der Waals surface area contributed by atoms with E-state index in [-0.39, 0.29) is 30.8 Å². The van der Waals surface area contributed by atoms with Crippen LogP contribution in [-0.2, 0) is 9.53 Å². The van der Waals surface area contributed by atoms with E-state index in [2.05, 4.69) is 53.3 Å². The number of guanidine groups is 1. The van der Waals surface area contributed by atoms with Crippen LogP contribution in [0.4, 0.5) is 21.7 Å². The molecule has 0 bridgehead atoms. The molecule has 238 valence electrons. The Kier molecular flexibility index (Phi) is 9.27. The number of nitriles is 1. The van der Waals surface area contributed by atoms with Crippen LogP contribution in [-0.4, -0.2) is 114 Å². The lowest BCUT2D eigenvalue weighted by Crippen LogP contribution is -2.56. The Balaban J connectivity index is 1.06. The van der Waals surface area contributed by atoms with Gasteiger partial charge in [0.15, 0.2) is 12.0 Å². The van der Waals surface area contributed by atoms with Gasteiger partial charge in [0.05, 0.1) is 37.6 Å². The van der Waals surface area contributed by atoms with Gasteiger partial charge in [-0.05, 0) is 42.5 Å². The van der Waals surface area contributed by atoms with Crippen molar-refractivity contribution in [1.29, 1.82) is 10.7 Å². The van der Waals surface area contributed by atoms with E-state index in [1.54, 1.807) is 18.2 Å². The van der Waals surface area contributed by atoms with E-state index in [9.17, 15) is 14.4 Å². The molecule has 0 aliphatic carbocycles. The van der Waals surface area contributed by atoms with E-state index in [4.69, 9.17) is 20.6 Å². The molecule has 0 unspecified atom stereocenters. The number of rotatable bonds is 8. The molecular weight excluding hydrogens is 593 g/mol. The fourth-order valence-corrected chi connectivity index (χ4v) is 5.60. The van der Waals surface area contributed by atoms with Gasteiger partial charge in [0, 0.05) is 56.1 Å². The zero-order valence-corrected chi connectivity index (χ0v) is 25.0. The number of ether oxygens (including phenoxy) is 2. The van der Waals surface area contributed by atoms with Crippen molar-refractivity contribution < 1.29 is 18.7 Å². The third kappa shape index (κ3) is 7.19. The van der Waals surface area contributed by atoms with Gasteiger partial charge in [-0.3, -0.25) is 15.1 Å². The number of alkyl halides is 1. The normalized spacial score (nSPS) is 20.6. The summed E-state index contributed by atoms with van der Waals surface area (Å²) in [6.07, 6.45) is 0.170. The van der Waals surface area contributed by atoms with E-state index in [1.807, 2.05) is 12.1 Å². The lowest BCUT2D eigenvalue weighted by atomic mass is 10.0. The minimum absolute atomic E-state index is 0.198. The van der Waals surface area contributed by atoms with Gasteiger partial charge in [-0.15, -0.1) is 0 Å². The van der Waals surface area contributed by atoms with Gasteiger partial charge in [0.25, 0.3) is 5.91 Å². The maximum absolute atomic E-state index is 15.0. The van der Waals surface area contributed by atoms with Crippen LogP contribution < -0.4 is 20.7 Å². The molecule has 0 radical (unpaired) electrons. The molecule has 0 spiro atoms. The van der Waals surface area contributed by atoms with E-state index in [0.717, 1.165) is 57.0 Å². The highest BCUT2D eigenvalue weighted by atomic mass is 19.1. The van der Waals surface area contributed by atoms with Crippen LogP contribution in [0.15, 0.2) is 53.8 Å². The number of carbonyl (C=O) groups excluding carboxylic acids is 1. The number of nitrogens with zero attached hydrogens (tertiary/aromatic N) is 8. The van der Waals surface area contributed by atoms with E-state index >= 15 is 0 Å². The molecule has 0 saturated carbocycles. The van der Waals surface area contributed by atoms with Gasteiger partial charge < -0.3 is 30.3 Å². The minimum atomic E-state index is -1.49. The van der Waals surface area contributed by atoms with Gasteiger partial charge >= 0.3 is 0 Å². The molecular formula is C31H34FN11O3. The van der Waals surface area contributed by atoms with E-state index in [0.29, 0.717) is 23.4 Å². The molecule has 3 aliphatic rings. The molecule has 3 aliphatic heterocycles. The summed E-state index contributed by atoms with van der Waals surface area (Å²) in [7, 11) is 0. The highest BCUT2D eigenvalue weighted by molar-refractivity contribution is 6.28. The molecule has 4 N–H and O–H groups in total. The van der Waals surface area contributed by atoms with Crippen molar-refractivity contribution >= 4 is 35.4 Å². The number of aliphatic imine (C=N–C) groups is 1. The Morgan fingerprint density at radius 3 is 2.61 bits per heavy atom. The average Bonchev–Trinajstić information content (AvgIpc) is 3.05. The second-order valence-electron chi connectivity index (χ2n) is 11.2. The first-order valence-electron chi connectivity index (χ1n) is 15.0. The van der Waals surface area contributed by atoms with Crippen LogP contribution in [0.25, 0.3) is 11.4 Å². The van der Waals surface area contributed by atoms with Crippen LogP contribution in [0.1, 0.15) is 12.0 Å². The van der Waals surface area contributed by atoms with Crippen molar-refractivity contribution in [2.24, 2.45) is 10.7 Å². The lowest BCUT2D eigenvalue weighted by Gasteiger charge is -2.43. The predicted molar refractivity (Wildman–Crippen MR) is 169 cm³/mol. The van der Waals surface area contributed by atoms with Gasteiger partial charge in [-0.1, -0.05) is 0 Å². The van der Waals surface area contributed by atoms with Crippen molar-refractivity contribution in [3.05, 3.63) is 54.4 Å². The summed E-state index contributed by atoms with van der Waals surface area (Å²) in [4.78, 5) is 34.8. The van der Waals surface area contributed by atoms with Crippen molar-refractivity contribution in [3.8, 4) is 23.2 Å². The molecule has 6 rings (SSSR count). The Bertz CT molecular complexity index is 1640. The maximum Gasteiger partial charge on any atom is 0.265 e. The summed E-state index contributed by atoms with van der Waals surface area (Å²) in [5.41, 5.74) is 7.89. The molecule has 46 heavy (non-hydrogen) atoms. The zero-order chi connectivity index (χ0) is 32.0. The Labute approximate surface area is 265 Å². The number of carbonyl (C=O) groups is 1. The first kappa shape index (κ1) is 30.8. The standard InChI is InChI=1S/C31H34FN11O3/c32-25-16-43(28(44)15-36-30(34)35)8-7-27(25)46-26-6-1-20(13-21(26)14-33)29-37-19-38-31(40-29)39-22-2-4-23(5-3-22)41-9-11-42(12-10-41)24-17-45-18-24/h1-6,13,15,19,24-25,27H,7-12,16-18H2,(H3,34,35)(H,37,38,39,40)/b36-15+/t25-,27+/m1/s1. The molecule has 14 nitrogen and oxygen atoms in total. The van der Waals surface area contributed by atoms with Gasteiger partial charge in [-0.25, -0.2) is 19.4 Å². The molecule has 1 amide bonds. The second kappa shape index (κ2) is 13.8. The highest BCUT2D eigenvalue weighted by Gasteiger charge is 2.33. The molecule has 2 aromatic carbocycles. The van der Waals surface area contributed by atoms with Crippen LogP contribution in [0.3, 0.4) is 0 Å². The number of piperazine rings is 1. The van der Waals surface area contributed by atoms with Crippen molar-refractivity contribution in [3.63, 3.8) is 0 Å². The largest absolute Gasteiger partial charge is 0.486 e. The van der Waals surface area contributed by atoms with Crippen LogP contribution in [0, 0.1) is 16.7 Å². The summed E-state index contributed by atoms with van der Waals surface area (Å²) in [6.45, 7) is 5.71. The number of halogens is 1. The fraction of sp³-hybridized carbons (Fsp3) is 0.387. The molecule has 2 atom stereocenters. The number of likely N-dealkylation sites (tertiary alicyclic amines) is 1. The fourth-order valence-electron chi connectivity index (χ4n) is 5.60. The third-order valence-corrected chi connectivity index (χ3v) is 8.26. The van der Waals surface area contributed by atoms with E-state index < -0.39 is 24.1 Å². The number of aromatic nitrogens is 3. The smallest absolute Gasteiger partial charge is 0.265 e. The van der Waals surface area contributed by atoms with Gasteiger partial charge in [0.2, 0.25) is 11.9 Å². The SMILES string of the molecule is N#Cc1cc(-c2ncnc(Nc3ccc(N4CCN(C5COC5)CC4)cc3)n2)ccc1O[C@H]1CCN(C(=O)/C=N/C(=N)N)C[C@H]1F. The van der Waals surface area contributed by atoms with Crippen LogP contribution in [0.5, 0.6) is 5.75 Å². The van der Waals surface area contributed by atoms with Crippen molar-refractivity contribution in [1.82, 2.24) is 24.8 Å². The maximum atomic E-state index is 15.0. The quantitative estimate of drug-likeness (QED) is 0.245. The molecule has 3 fully saturated rings. The van der Waals surface area contributed by atoms with Gasteiger partial charge in [-0.2, -0.15) is 10.2 Å². The molecule has 4 heterocycles. The lowest BCUT2D eigenvalue weighted by molar-refractivity contribution is -0.127. The Hall–Kier alpha value is -5.20. The summed E-state index contributed by atoms with van der Waals surface area (Å²) in [5.74, 6) is -0.114. The second-order valence-corrected chi connectivity index (χ2v) is 11.2. The number of benzene rings is 2. The van der Waals surface area contributed by atoms with E-state index in [1.165, 1.54) is 11.2 Å². The summed E-state index contributed by atoms with van der Waals surface area (Å²) < 4.78 is 26.2. The number of piperidine rings is 1. The Morgan fingerprint density at radius 1 is 1.15 bits per heavy atom. The summed E-state index contributed by atoms with van der Waals surface area (Å²) in [6, 6.07) is 15.7. The molecule has 3 saturated heterocycles. The van der Waals surface area contributed by atoms with Crippen LogP contribution >= 0.6 is 0 Å². The number of anilines is 3. The Morgan fingerprint density at radius 2 is 1.93 bits per heavy atom. The first-order chi connectivity index (χ1) is 22.4. The van der Waals surface area contributed by atoms with Gasteiger partial charge in [0.1, 0.15) is 24.3 Å². The minimum Gasteiger partial charge on any atom is -0.486 e. The van der Waals surface area contributed by atoms with Crippen molar-refractivity contribution in [2.75, 3.05) is 62.7 Å². The first-order valence-corrected chi connectivity index (χ1v) is 15.0. The predicted octanol–water partition coefficient (Wildman–Crippen LogP) is 1.96. The average molecular weight is 628 g/mol. The molecule has 1 aromatic heterocycles. The highest BCUT2D eigenvalue weighted by Crippen LogP contribution is 2.29. The summed E-state index contributed by atoms with van der Waals surface area (Å²) in [5, 5.41) is 20.1. The number of nitrogens with two attached hydrogens (primary N) is 1. The third-order valence-electron chi connectivity index (χ3n) is 8.26. The topological polar surface area (TPSA) is 182 Å². The number of amides is 1. The van der Waals surface area contributed by atoms with Crippen LogP contribution in [0.2, 0.25) is 0 Å². The number of hydrogen-bond donors (Lipinski definition) is 3.